The minimum Gasteiger partial charge on any atom is -0.507 e. The predicted octanol–water partition coefficient (Wildman–Crippen LogP) is 4.07. The summed E-state index contributed by atoms with van der Waals surface area (Å²) in [5, 5.41) is 13.1. The molecule has 0 unspecified atom stereocenters. The summed E-state index contributed by atoms with van der Waals surface area (Å²) in [6, 6.07) is 16.5. The summed E-state index contributed by atoms with van der Waals surface area (Å²) in [5.74, 6) is 0.276. The van der Waals surface area contributed by atoms with Crippen molar-refractivity contribution in [1.29, 1.82) is 0 Å². The normalized spacial score (nSPS) is 10.8. The molecule has 16 heavy (non-hydrogen) atoms. The van der Waals surface area contributed by atoms with Crippen LogP contribution >= 0.6 is 11.3 Å². The molecule has 0 amide bonds. The standard InChI is InChI=1S/C14H9OS/c15-13-4-2-1-3-12(13)11-6-5-10-7-8-16-14(10)9-11/h1,3-9,15H. The average Bonchev–Trinajstić information content (AvgIpc) is 2.76. The topological polar surface area (TPSA) is 20.2 Å². The molecule has 0 spiro atoms. The van der Waals surface area contributed by atoms with Gasteiger partial charge >= 0.3 is 0 Å². The second kappa shape index (κ2) is 3.65. The van der Waals surface area contributed by atoms with Gasteiger partial charge in [-0.15, -0.1) is 11.3 Å². The quantitative estimate of drug-likeness (QED) is 0.661. The molecular formula is C14H9OS. The number of hydrogen-bond donors (Lipinski definition) is 1. The molecule has 0 bridgehead atoms. The minimum atomic E-state index is 0.276. The monoisotopic (exact) mass is 225 g/mol. The van der Waals surface area contributed by atoms with E-state index in [9.17, 15) is 5.11 Å². The SMILES string of the molecule is Oc1c[c]ccc1-c1ccc2ccsc2c1. The van der Waals surface area contributed by atoms with E-state index in [4.69, 9.17) is 0 Å². The largest absolute Gasteiger partial charge is 0.507 e. The maximum Gasteiger partial charge on any atom is 0.124 e. The van der Waals surface area contributed by atoms with Gasteiger partial charge in [0.05, 0.1) is 0 Å². The van der Waals surface area contributed by atoms with Gasteiger partial charge < -0.3 is 5.11 Å². The van der Waals surface area contributed by atoms with E-state index < -0.39 is 0 Å². The summed E-state index contributed by atoms with van der Waals surface area (Å²) < 4.78 is 1.24. The highest BCUT2D eigenvalue weighted by molar-refractivity contribution is 7.17. The lowest BCUT2D eigenvalue weighted by Gasteiger charge is -2.04. The summed E-state index contributed by atoms with van der Waals surface area (Å²) in [6.45, 7) is 0. The molecule has 0 aliphatic rings. The average molecular weight is 225 g/mol. The molecule has 3 rings (SSSR count). The zero-order valence-electron chi connectivity index (χ0n) is 8.47. The smallest absolute Gasteiger partial charge is 0.124 e. The Morgan fingerprint density at radius 1 is 1.12 bits per heavy atom. The van der Waals surface area contributed by atoms with Gasteiger partial charge in [-0.05, 0) is 40.6 Å². The Balaban J connectivity index is 2.22. The van der Waals surface area contributed by atoms with Gasteiger partial charge in [-0.1, -0.05) is 24.3 Å². The Kier molecular flexibility index (Phi) is 2.15. The van der Waals surface area contributed by atoms with Crippen molar-refractivity contribution in [2.75, 3.05) is 0 Å². The van der Waals surface area contributed by atoms with Crippen LogP contribution < -0.4 is 0 Å². The molecule has 3 aromatic rings. The van der Waals surface area contributed by atoms with Crippen molar-refractivity contribution >= 4 is 21.4 Å². The predicted molar refractivity (Wildman–Crippen MR) is 67.8 cm³/mol. The van der Waals surface area contributed by atoms with Gasteiger partial charge in [-0.3, -0.25) is 0 Å². The molecule has 1 nitrogen and oxygen atoms in total. The third-order valence-electron chi connectivity index (χ3n) is 2.61. The van der Waals surface area contributed by atoms with Gasteiger partial charge in [-0.2, -0.15) is 0 Å². The third-order valence-corrected chi connectivity index (χ3v) is 3.49. The molecular weight excluding hydrogens is 216 g/mol. The molecule has 1 radical (unpaired) electrons. The lowest BCUT2D eigenvalue weighted by Crippen LogP contribution is -1.77. The Hall–Kier alpha value is -1.80. The molecule has 0 aliphatic heterocycles. The highest BCUT2D eigenvalue weighted by atomic mass is 32.1. The van der Waals surface area contributed by atoms with Crippen molar-refractivity contribution in [3.05, 3.63) is 53.9 Å². The highest BCUT2D eigenvalue weighted by Crippen LogP contribution is 2.32. The van der Waals surface area contributed by atoms with Gasteiger partial charge in [0.2, 0.25) is 0 Å². The zero-order valence-corrected chi connectivity index (χ0v) is 9.29. The number of phenolic OH excluding ortho intramolecular Hbond substituents is 1. The summed E-state index contributed by atoms with van der Waals surface area (Å²) >= 11 is 1.71. The Bertz CT molecular complexity index is 640. The van der Waals surface area contributed by atoms with Crippen LogP contribution in [-0.2, 0) is 0 Å². The zero-order chi connectivity index (χ0) is 11.0. The molecule has 2 heteroatoms. The van der Waals surface area contributed by atoms with Crippen molar-refractivity contribution in [2.45, 2.75) is 0 Å². The van der Waals surface area contributed by atoms with Crippen LogP contribution in [0.15, 0.2) is 47.8 Å². The van der Waals surface area contributed by atoms with E-state index in [2.05, 4.69) is 29.6 Å². The van der Waals surface area contributed by atoms with E-state index >= 15 is 0 Å². The first-order valence-electron chi connectivity index (χ1n) is 5.01. The van der Waals surface area contributed by atoms with Gasteiger partial charge in [0.25, 0.3) is 0 Å². The van der Waals surface area contributed by atoms with Crippen LogP contribution in [0.2, 0.25) is 0 Å². The van der Waals surface area contributed by atoms with Gasteiger partial charge in [0.1, 0.15) is 5.75 Å². The van der Waals surface area contributed by atoms with E-state index in [1.165, 1.54) is 10.1 Å². The van der Waals surface area contributed by atoms with Gasteiger partial charge in [-0.25, -0.2) is 0 Å². The molecule has 0 saturated carbocycles. The van der Waals surface area contributed by atoms with E-state index in [0.717, 1.165) is 11.1 Å². The second-order valence-electron chi connectivity index (χ2n) is 3.62. The van der Waals surface area contributed by atoms with Crippen LogP contribution in [-0.4, -0.2) is 5.11 Å². The summed E-state index contributed by atoms with van der Waals surface area (Å²) in [7, 11) is 0. The van der Waals surface area contributed by atoms with Crippen molar-refractivity contribution in [3.63, 3.8) is 0 Å². The van der Waals surface area contributed by atoms with E-state index in [0.29, 0.717) is 0 Å². The van der Waals surface area contributed by atoms with Crippen LogP contribution in [0.25, 0.3) is 21.2 Å². The molecule has 1 aromatic heterocycles. The van der Waals surface area contributed by atoms with Gasteiger partial charge in [0.15, 0.2) is 0 Å². The van der Waals surface area contributed by atoms with Crippen LogP contribution in [0.3, 0.4) is 0 Å². The second-order valence-corrected chi connectivity index (χ2v) is 4.56. The van der Waals surface area contributed by atoms with Gasteiger partial charge in [0, 0.05) is 10.3 Å². The molecule has 0 atom stereocenters. The molecule has 0 saturated heterocycles. The number of hydrogen-bond acceptors (Lipinski definition) is 2. The summed E-state index contributed by atoms with van der Waals surface area (Å²) in [5.41, 5.74) is 1.90. The highest BCUT2D eigenvalue weighted by Gasteiger charge is 2.04. The number of rotatable bonds is 1. The van der Waals surface area contributed by atoms with Crippen molar-refractivity contribution in [2.24, 2.45) is 0 Å². The maximum atomic E-state index is 9.76. The summed E-state index contributed by atoms with van der Waals surface area (Å²) in [4.78, 5) is 0. The van der Waals surface area contributed by atoms with Crippen LogP contribution in [0.1, 0.15) is 0 Å². The molecule has 1 heterocycles. The number of aromatic hydroxyl groups is 1. The van der Waals surface area contributed by atoms with E-state index in [-0.39, 0.29) is 5.75 Å². The fourth-order valence-electron chi connectivity index (χ4n) is 1.79. The Labute approximate surface area is 97.6 Å². The molecule has 0 fully saturated rings. The van der Waals surface area contributed by atoms with Crippen LogP contribution in [0.4, 0.5) is 0 Å². The fraction of sp³-hybridized carbons (Fsp3) is 0. The minimum absolute atomic E-state index is 0.276. The lowest BCUT2D eigenvalue weighted by molar-refractivity contribution is 0.477. The number of fused-ring (bicyclic) bond motifs is 1. The number of phenols is 1. The first-order valence-corrected chi connectivity index (χ1v) is 5.89. The Morgan fingerprint density at radius 3 is 2.94 bits per heavy atom. The first-order chi connectivity index (χ1) is 7.84. The maximum absolute atomic E-state index is 9.76. The number of thiophene rings is 1. The van der Waals surface area contributed by atoms with Crippen molar-refractivity contribution in [1.82, 2.24) is 0 Å². The molecule has 77 valence electrons. The molecule has 1 N–H and O–H groups in total. The first kappa shape index (κ1) is 9.43. The third kappa shape index (κ3) is 1.48. The van der Waals surface area contributed by atoms with Crippen molar-refractivity contribution in [3.8, 4) is 16.9 Å². The lowest BCUT2D eigenvalue weighted by atomic mass is 10.0. The molecule has 0 aliphatic carbocycles. The molecule has 2 aromatic carbocycles. The summed E-state index contributed by atoms with van der Waals surface area (Å²) in [6.07, 6.45) is 0. The van der Waals surface area contributed by atoms with E-state index in [1.54, 1.807) is 17.4 Å². The van der Waals surface area contributed by atoms with Crippen LogP contribution in [0, 0.1) is 6.07 Å². The van der Waals surface area contributed by atoms with Crippen LogP contribution in [0.5, 0.6) is 5.75 Å². The number of benzene rings is 2. The van der Waals surface area contributed by atoms with Crippen molar-refractivity contribution < 1.29 is 5.11 Å². The Morgan fingerprint density at radius 2 is 2.06 bits per heavy atom. The van der Waals surface area contributed by atoms with E-state index in [1.807, 2.05) is 18.2 Å². The fourth-order valence-corrected chi connectivity index (χ4v) is 2.62.